The van der Waals surface area contributed by atoms with Crippen molar-refractivity contribution in [2.45, 2.75) is 37.7 Å². The van der Waals surface area contributed by atoms with Crippen LogP contribution < -0.4 is 4.90 Å². The van der Waals surface area contributed by atoms with Crippen molar-refractivity contribution in [3.63, 3.8) is 0 Å². The van der Waals surface area contributed by atoms with Gasteiger partial charge in [-0.05, 0) is 30.9 Å². The number of hydrogen-bond acceptors (Lipinski definition) is 6. The zero-order chi connectivity index (χ0) is 19.4. The van der Waals surface area contributed by atoms with E-state index in [-0.39, 0.29) is 10.8 Å². The van der Waals surface area contributed by atoms with E-state index in [0.717, 1.165) is 31.7 Å². The number of aromatic amines is 1. The second kappa shape index (κ2) is 8.37. The van der Waals surface area contributed by atoms with Gasteiger partial charge in [-0.3, -0.25) is 0 Å². The summed E-state index contributed by atoms with van der Waals surface area (Å²) in [5.74, 6) is 1.52. The molecule has 0 bridgehead atoms. The average molecular weight is 394 g/mol. The molecular weight excluding hydrogens is 366 g/mol. The highest BCUT2D eigenvalue weighted by molar-refractivity contribution is 7.89. The van der Waals surface area contributed by atoms with E-state index in [0.29, 0.717) is 18.9 Å². The van der Waals surface area contributed by atoms with Crippen molar-refractivity contribution in [1.82, 2.24) is 19.3 Å². The molecule has 0 saturated carbocycles. The maximum atomic E-state index is 12.5. The third-order valence-electron chi connectivity index (χ3n) is 5.17. The van der Waals surface area contributed by atoms with Crippen molar-refractivity contribution >= 4 is 15.8 Å². The van der Waals surface area contributed by atoms with Crippen LogP contribution in [-0.2, 0) is 10.0 Å². The van der Waals surface area contributed by atoms with E-state index in [2.05, 4.69) is 19.9 Å². The van der Waals surface area contributed by atoms with Crippen LogP contribution in [0.5, 0.6) is 0 Å². The minimum absolute atomic E-state index is 0.148. The summed E-state index contributed by atoms with van der Waals surface area (Å²) in [5.41, 5.74) is 0. The van der Waals surface area contributed by atoms with Crippen molar-refractivity contribution in [3.8, 4) is 0 Å². The van der Waals surface area contributed by atoms with Crippen molar-refractivity contribution in [2.75, 3.05) is 31.1 Å². The summed E-state index contributed by atoms with van der Waals surface area (Å²) in [6.45, 7) is 6.04. The number of aromatic nitrogens is 3. The molecule has 3 rings (SSSR count). The molecule has 1 aliphatic heterocycles. The molecule has 0 aromatic carbocycles. The maximum absolute atomic E-state index is 12.5. The van der Waals surface area contributed by atoms with Gasteiger partial charge in [0, 0.05) is 44.8 Å². The minimum atomic E-state index is -3.48. The monoisotopic (exact) mass is 393 g/mol. The number of sulfonamides is 1. The normalized spacial score (nSPS) is 17.4. The molecule has 1 fully saturated rings. The van der Waals surface area contributed by atoms with E-state index in [9.17, 15) is 13.5 Å². The lowest BCUT2D eigenvalue weighted by Crippen LogP contribution is -2.36. The summed E-state index contributed by atoms with van der Waals surface area (Å²) in [7, 11) is -3.48. The number of rotatable bonds is 7. The summed E-state index contributed by atoms with van der Waals surface area (Å²) in [6.07, 6.45) is 5.85. The van der Waals surface area contributed by atoms with E-state index >= 15 is 0 Å². The number of pyridine rings is 1. The van der Waals surface area contributed by atoms with Crippen molar-refractivity contribution < 1.29 is 13.5 Å². The maximum Gasteiger partial charge on any atom is 0.244 e. The number of nitrogens with zero attached hydrogens (tertiary/aromatic N) is 4. The fourth-order valence-electron chi connectivity index (χ4n) is 3.53. The average Bonchev–Trinajstić information content (AvgIpc) is 3.23. The highest BCUT2D eigenvalue weighted by Gasteiger charge is 2.28. The standard InChI is InChI=1S/C18H27N5O3S/c1-3-23(4-2)27(25,26)15-5-6-16(21-13-15)22-11-7-14(8-12-22)17(24)18-19-9-10-20-18/h5-6,9-10,13-14,17,24H,3-4,7-8,11-12H2,1-2H3,(H,19,20). The zero-order valence-corrected chi connectivity index (χ0v) is 16.6. The van der Waals surface area contributed by atoms with Gasteiger partial charge in [0.2, 0.25) is 10.0 Å². The summed E-state index contributed by atoms with van der Waals surface area (Å²) < 4.78 is 26.5. The zero-order valence-electron chi connectivity index (χ0n) is 15.7. The molecule has 0 spiro atoms. The second-order valence-corrected chi connectivity index (χ2v) is 8.62. The summed E-state index contributed by atoms with van der Waals surface area (Å²) in [4.78, 5) is 13.8. The van der Waals surface area contributed by atoms with Gasteiger partial charge < -0.3 is 15.0 Å². The first-order chi connectivity index (χ1) is 13.0. The van der Waals surface area contributed by atoms with E-state index in [1.807, 2.05) is 13.8 Å². The van der Waals surface area contributed by atoms with Gasteiger partial charge in [0.05, 0.1) is 0 Å². The first-order valence-corrected chi connectivity index (χ1v) is 10.8. The first kappa shape index (κ1) is 19.8. The van der Waals surface area contributed by atoms with E-state index < -0.39 is 16.1 Å². The van der Waals surface area contributed by atoms with Gasteiger partial charge in [-0.15, -0.1) is 0 Å². The van der Waals surface area contributed by atoms with Gasteiger partial charge in [-0.2, -0.15) is 4.31 Å². The highest BCUT2D eigenvalue weighted by Crippen LogP contribution is 2.30. The molecule has 3 heterocycles. The van der Waals surface area contributed by atoms with Gasteiger partial charge >= 0.3 is 0 Å². The van der Waals surface area contributed by atoms with Crippen LogP contribution in [0.25, 0.3) is 0 Å². The molecule has 27 heavy (non-hydrogen) atoms. The van der Waals surface area contributed by atoms with E-state index in [1.165, 1.54) is 10.5 Å². The molecule has 0 amide bonds. The predicted octanol–water partition coefficient (Wildman–Crippen LogP) is 1.79. The summed E-state index contributed by atoms with van der Waals surface area (Å²) in [6, 6.07) is 3.39. The lowest BCUT2D eigenvalue weighted by molar-refractivity contribution is 0.0856. The second-order valence-electron chi connectivity index (χ2n) is 6.69. The number of imidazole rings is 1. The van der Waals surface area contributed by atoms with Crippen LogP contribution >= 0.6 is 0 Å². The van der Waals surface area contributed by atoms with Crippen LogP contribution in [0.2, 0.25) is 0 Å². The van der Waals surface area contributed by atoms with Crippen LogP contribution in [0.4, 0.5) is 5.82 Å². The third-order valence-corrected chi connectivity index (χ3v) is 7.21. The Labute approximate surface area is 160 Å². The number of aliphatic hydroxyl groups excluding tert-OH is 1. The van der Waals surface area contributed by atoms with Crippen molar-refractivity contribution in [1.29, 1.82) is 0 Å². The minimum Gasteiger partial charge on any atom is -0.385 e. The Hall–Kier alpha value is -1.97. The molecule has 9 heteroatoms. The fourth-order valence-corrected chi connectivity index (χ4v) is 4.94. The Bertz CT molecular complexity index is 811. The highest BCUT2D eigenvalue weighted by atomic mass is 32.2. The molecule has 0 aliphatic carbocycles. The number of aliphatic hydroxyl groups is 1. The molecule has 8 nitrogen and oxygen atoms in total. The van der Waals surface area contributed by atoms with E-state index in [1.54, 1.807) is 24.5 Å². The molecule has 1 saturated heterocycles. The Kier molecular flexibility index (Phi) is 6.13. The lowest BCUT2D eigenvalue weighted by atomic mass is 9.91. The summed E-state index contributed by atoms with van der Waals surface area (Å²) in [5, 5.41) is 10.4. The largest absolute Gasteiger partial charge is 0.385 e. The third kappa shape index (κ3) is 4.15. The van der Waals surface area contributed by atoms with E-state index in [4.69, 9.17) is 0 Å². The molecule has 1 aliphatic rings. The molecule has 2 aromatic rings. The Morgan fingerprint density at radius 3 is 2.48 bits per heavy atom. The number of anilines is 1. The molecular formula is C18H27N5O3S. The SMILES string of the molecule is CCN(CC)S(=O)(=O)c1ccc(N2CCC(C(O)c3ncc[nH]3)CC2)nc1. The van der Waals surface area contributed by atoms with Crippen LogP contribution in [0.15, 0.2) is 35.6 Å². The molecule has 1 unspecified atom stereocenters. The molecule has 148 valence electrons. The Morgan fingerprint density at radius 2 is 1.96 bits per heavy atom. The molecule has 1 atom stereocenters. The van der Waals surface area contributed by atoms with Gasteiger partial charge in [0.15, 0.2) is 0 Å². The smallest absolute Gasteiger partial charge is 0.244 e. The van der Waals surface area contributed by atoms with Gasteiger partial charge in [-0.1, -0.05) is 13.8 Å². The summed E-state index contributed by atoms with van der Waals surface area (Å²) >= 11 is 0. The number of nitrogens with one attached hydrogen (secondary N) is 1. The van der Waals surface area contributed by atoms with Crippen LogP contribution in [0, 0.1) is 5.92 Å². The van der Waals surface area contributed by atoms with Crippen molar-refractivity contribution in [2.24, 2.45) is 5.92 Å². The van der Waals surface area contributed by atoms with Crippen LogP contribution in [-0.4, -0.2) is 59.0 Å². The van der Waals surface area contributed by atoms with Gasteiger partial charge in [0.1, 0.15) is 22.6 Å². The Balaban J connectivity index is 1.64. The fraction of sp³-hybridized carbons (Fsp3) is 0.556. The van der Waals surface area contributed by atoms with Crippen LogP contribution in [0.1, 0.15) is 38.6 Å². The first-order valence-electron chi connectivity index (χ1n) is 9.35. The number of hydrogen-bond donors (Lipinski definition) is 2. The topological polar surface area (TPSA) is 102 Å². The molecule has 0 radical (unpaired) electrons. The molecule has 2 aromatic heterocycles. The Morgan fingerprint density at radius 1 is 1.26 bits per heavy atom. The van der Waals surface area contributed by atoms with Crippen LogP contribution in [0.3, 0.4) is 0 Å². The van der Waals surface area contributed by atoms with Crippen molar-refractivity contribution in [3.05, 3.63) is 36.5 Å². The quantitative estimate of drug-likeness (QED) is 0.743. The predicted molar refractivity (Wildman–Crippen MR) is 103 cm³/mol. The number of H-pyrrole nitrogens is 1. The molecule has 2 N–H and O–H groups in total. The van der Waals surface area contributed by atoms with Gasteiger partial charge in [0.25, 0.3) is 0 Å². The lowest BCUT2D eigenvalue weighted by Gasteiger charge is -2.34. The number of piperidine rings is 1. The van der Waals surface area contributed by atoms with Gasteiger partial charge in [-0.25, -0.2) is 18.4 Å².